The van der Waals surface area contributed by atoms with Gasteiger partial charge >= 0.3 is 0 Å². The Morgan fingerprint density at radius 1 is 0.929 bits per heavy atom. The quantitative estimate of drug-likeness (QED) is 0.699. The monoisotopic (exact) mass is 246 g/mol. The van der Waals surface area contributed by atoms with Crippen molar-refractivity contribution in [2.75, 3.05) is 0 Å². The zero-order chi connectivity index (χ0) is 9.97. The fourth-order valence-electron chi connectivity index (χ4n) is 1.47. The van der Waals surface area contributed by atoms with E-state index in [0.717, 1.165) is 4.47 Å². The summed E-state index contributed by atoms with van der Waals surface area (Å²) >= 11 is 3.58. The predicted octanol–water partition coefficient (Wildman–Crippen LogP) is 4.42. The number of benzene rings is 2. The Labute approximate surface area is 92.7 Å². The minimum atomic E-state index is 1.16. The molecule has 2 aromatic carbocycles. The lowest BCUT2D eigenvalue weighted by atomic mass is 10.0. The third-order valence-electron chi connectivity index (χ3n) is 2.21. The Hall–Kier alpha value is -1.08. The summed E-state index contributed by atoms with van der Waals surface area (Å²) in [6.45, 7) is 2.10. The van der Waals surface area contributed by atoms with Gasteiger partial charge in [-0.3, -0.25) is 0 Å². The van der Waals surface area contributed by atoms with Crippen LogP contribution in [0.2, 0.25) is 0 Å². The van der Waals surface area contributed by atoms with Gasteiger partial charge in [-0.2, -0.15) is 0 Å². The first-order valence-corrected chi connectivity index (χ1v) is 5.38. The molecule has 0 saturated heterocycles. The highest BCUT2D eigenvalue weighted by atomic mass is 79.9. The van der Waals surface area contributed by atoms with Crippen molar-refractivity contribution in [3.8, 4) is 11.1 Å². The van der Waals surface area contributed by atoms with Crippen LogP contribution in [0, 0.1) is 6.92 Å². The van der Waals surface area contributed by atoms with E-state index in [1.54, 1.807) is 0 Å². The first-order valence-electron chi connectivity index (χ1n) is 4.59. The van der Waals surface area contributed by atoms with Gasteiger partial charge in [-0.05, 0) is 29.7 Å². The lowest BCUT2D eigenvalue weighted by Crippen LogP contribution is -1.80. The molecule has 0 atom stereocenters. The molecule has 14 heavy (non-hydrogen) atoms. The summed E-state index contributed by atoms with van der Waals surface area (Å²) in [6, 6.07) is 16.8. The zero-order valence-corrected chi connectivity index (χ0v) is 9.58. The van der Waals surface area contributed by atoms with Crippen molar-refractivity contribution in [2.45, 2.75) is 6.92 Å². The van der Waals surface area contributed by atoms with Crippen LogP contribution in [0.3, 0.4) is 0 Å². The van der Waals surface area contributed by atoms with Gasteiger partial charge < -0.3 is 0 Å². The molecule has 0 aliphatic rings. The van der Waals surface area contributed by atoms with Crippen molar-refractivity contribution in [1.82, 2.24) is 0 Å². The molecule has 70 valence electrons. The molecule has 0 amide bonds. The second-order valence-electron chi connectivity index (χ2n) is 3.35. The Balaban J connectivity index is 2.53. The Morgan fingerprint density at radius 2 is 1.64 bits per heavy atom. The summed E-state index contributed by atoms with van der Waals surface area (Å²) in [7, 11) is 0. The standard InChI is InChI=1S/C13H11Br/c1-10-7-8-12(13(14)9-10)11-5-3-2-4-6-11/h2-9H,1H3. The summed E-state index contributed by atoms with van der Waals surface area (Å²) in [4.78, 5) is 0. The molecule has 0 aliphatic heterocycles. The highest BCUT2D eigenvalue weighted by Gasteiger charge is 2.01. The number of aryl methyl sites for hydroxylation is 1. The van der Waals surface area contributed by atoms with Gasteiger partial charge in [0.25, 0.3) is 0 Å². The minimum Gasteiger partial charge on any atom is -0.0622 e. The molecule has 0 radical (unpaired) electrons. The van der Waals surface area contributed by atoms with E-state index < -0.39 is 0 Å². The number of halogens is 1. The van der Waals surface area contributed by atoms with E-state index in [-0.39, 0.29) is 0 Å². The Kier molecular flexibility index (Phi) is 2.69. The van der Waals surface area contributed by atoms with Crippen molar-refractivity contribution in [2.24, 2.45) is 0 Å². The van der Waals surface area contributed by atoms with Crippen LogP contribution < -0.4 is 0 Å². The van der Waals surface area contributed by atoms with Crippen molar-refractivity contribution >= 4 is 15.9 Å². The molecule has 0 N–H and O–H groups in total. The number of hydrogen-bond donors (Lipinski definition) is 0. The molecular weight excluding hydrogens is 236 g/mol. The van der Waals surface area contributed by atoms with E-state index in [2.05, 4.69) is 65.3 Å². The number of hydrogen-bond acceptors (Lipinski definition) is 0. The van der Waals surface area contributed by atoms with Crippen molar-refractivity contribution < 1.29 is 0 Å². The molecule has 0 heterocycles. The summed E-state index contributed by atoms with van der Waals surface area (Å²) in [5.74, 6) is 0. The maximum atomic E-state index is 3.58. The third-order valence-corrected chi connectivity index (χ3v) is 2.87. The summed E-state index contributed by atoms with van der Waals surface area (Å²) in [5.41, 5.74) is 3.77. The number of rotatable bonds is 1. The minimum absolute atomic E-state index is 1.16. The highest BCUT2D eigenvalue weighted by Crippen LogP contribution is 2.28. The molecular formula is C13H11Br. The maximum absolute atomic E-state index is 3.58. The molecule has 2 aromatic rings. The molecule has 2 rings (SSSR count). The fraction of sp³-hybridized carbons (Fsp3) is 0.0769. The molecule has 0 unspecified atom stereocenters. The fourth-order valence-corrected chi connectivity index (χ4v) is 2.19. The van der Waals surface area contributed by atoms with E-state index >= 15 is 0 Å². The van der Waals surface area contributed by atoms with Gasteiger partial charge in [0.05, 0.1) is 0 Å². The molecule has 0 saturated carbocycles. The zero-order valence-electron chi connectivity index (χ0n) is 8.00. The SMILES string of the molecule is Cc1ccc(-c2ccccc2)c(Br)c1. The molecule has 0 spiro atoms. The molecule has 0 nitrogen and oxygen atoms in total. The van der Waals surface area contributed by atoms with Gasteiger partial charge in [-0.25, -0.2) is 0 Å². The van der Waals surface area contributed by atoms with Crippen molar-refractivity contribution in [1.29, 1.82) is 0 Å². The van der Waals surface area contributed by atoms with Crippen LogP contribution in [0.4, 0.5) is 0 Å². The topological polar surface area (TPSA) is 0 Å². The average Bonchev–Trinajstić information content (AvgIpc) is 2.19. The first kappa shape index (κ1) is 9.47. The van der Waals surface area contributed by atoms with Crippen LogP contribution in [0.5, 0.6) is 0 Å². The third kappa shape index (κ3) is 1.88. The second-order valence-corrected chi connectivity index (χ2v) is 4.20. The Morgan fingerprint density at radius 3 is 2.29 bits per heavy atom. The lowest BCUT2D eigenvalue weighted by Gasteiger charge is -2.05. The molecule has 0 aromatic heterocycles. The van der Waals surface area contributed by atoms with Gasteiger partial charge in [0.1, 0.15) is 0 Å². The van der Waals surface area contributed by atoms with Crippen molar-refractivity contribution in [3.05, 3.63) is 58.6 Å². The largest absolute Gasteiger partial charge is 0.0622 e. The lowest BCUT2D eigenvalue weighted by molar-refractivity contribution is 1.45. The van der Waals surface area contributed by atoms with E-state index in [1.807, 2.05) is 6.07 Å². The maximum Gasteiger partial charge on any atom is 0.0256 e. The summed E-state index contributed by atoms with van der Waals surface area (Å²) in [6.07, 6.45) is 0. The van der Waals surface area contributed by atoms with Crippen LogP contribution in [-0.2, 0) is 0 Å². The van der Waals surface area contributed by atoms with Crippen LogP contribution in [0.25, 0.3) is 11.1 Å². The molecule has 0 fully saturated rings. The first-order chi connectivity index (χ1) is 6.77. The van der Waals surface area contributed by atoms with Crippen LogP contribution in [-0.4, -0.2) is 0 Å². The van der Waals surface area contributed by atoms with Crippen LogP contribution in [0.15, 0.2) is 53.0 Å². The summed E-state index contributed by atoms with van der Waals surface area (Å²) < 4.78 is 1.16. The molecule has 0 bridgehead atoms. The average molecular weight is 247 g/mol. The normalized spacial score (nSPS) is 10.1. The molecule has 1 heteroatoms. The van der Waals surface area contributed by atoms with Gasteiger partial charge in [0.2, 0.25) is 0 Å². The van der Waals surface area contributed by atoms with Crippen molar-refractivity contribution in [3.63, 3.8) is 0 Å². The second kappa shape index (κ2) is 3.97. The van der Waals surface area contributed by atoms with E-state index in [9.17, 15) is 0 Å². The van der Waals surface area contributed by atoms with Gasteiger partial charge in [-0.15, -0.1) is 0 Å². The Bertz CT molecular complexity index is 432. The molecule has 0 aliphatic carbocycles. The van der Waals surface area contributed by atoms with Crippen LogP contribution >= 0.6 is 15.9 Å². The highest BCUT2D eigenvalue weighted by molar-refractivity contribution is 9.10. The van der Waals surface area contributed by atoms with E-state index in [1.165, 1.54) is 16.7 Å². The predicted molar refractivity (Wildman–Crippen MR) is 64.3 cm³/mol. The van der Waals surface area contributed by atoms with E-state index in [4.69, 9.17) is 0 Å². The van der Waals surface area contributed by atoms with Gasteiger partial charge in [0, 0.05) is 4.47 Å². The van der Waals surface area contributed by atoms with E-state index in [0.29, 0.717) is 0 Å². The van der Waals surface area contributed by atoms with Gasteiger partial charge in [-0.1, -0.05) is 58.4 Å². The smallest absolute Gasteiger partial charge is 0.0256 e. The van der Waals surface area contributed by atoms with Crippen LogP contribution in [0.1, 0.15) is 5.56 Å². The summed E-state index contributed by atoms with van der Waals surface area (Å²) in [5, 5.41) is 0. The van der Waals surface area contributed by atoms with Gasteiger partial charge in [0.15, 0.2) is 0 Å².